The zero-order chi connectivity index (χ0) is 23.5. The van der Waals surface area contributed by atoms with Gasteiger partial charge in [0.05, 0.1) is 11.1 Å². The van der Waals surface area contributed by atoms with E-state index in [0.717, 1.165) is 40.8 Å². The summed E-state index contributed by atoms with van der Waals surface area (Å²) in [6.07, 6.45) is 5.50. The average molecular weight is 458 g/mol. The molecule has 5 rings (SSSR count). The number of carbonyl (C=O) groups is 1. The number of fused-ring (bicyclic) bond motifs is 1. The minimum Gasteiger partial charge on any atom is -0.507 e. The molecule has 1 saturated heterocycles. The van der Waals surface area contributed by atoms with Crippen LogP contribution in [0.3, 0.4) is 0 Å². The minimum absolute atomic E-state index is 0. The van der Waals surface area contributed by atoms with Crippen LogP contribution in [-0.2, 0) is 11.2 Å². The van der Waals surface area contributed by atoms with Crippen LogP contribution in [0.5, 0.6) is 5.75 Å². The van der Waals surface area contributed by atoms with Gasteiger partial charge in [-0.1, -0.05) is 24.3 Å². The Morgan fingerprint density at radius 1 is 1.18 bits per heavy atom. The molecule has 0 aliphatic carbocycles. The standard InChI is InChI=1S/C27H27N5O2.2H2/c1-18-8-10-21-23(15-18)30-26(22-6-2-3-7-24(22)33)31-27(21)32-14-12-20(17-32)29-25(34)11-9-19-5-4-13-28-16-19;;/h2-8,10,13,15-16,20,33H,9,11-12,14,17H2,1H3,(H,29,34);2*1H/t20-;;/m1../s1. The summed E-state index contributed by atoms with van der Waals surface area (Å²) in [5, 5.41) is 14.5. The van der Waals surface area contributed by atoms with E-state index in [2.05, 4.69) is 27.3 Å². The molecule has 2 N–H and O–H groups in total. The number of amides is 1. The van der Waals surface area contributed by atoms with E-state index in [1.165, 1.54) is 0 Å². The number of phenolic OH excluding ortho intramolecular Hbond substituents is 1. The molecule has 0 unspecified atom stereocenters. The summed E-state index contributed by atoms with van der Waals surface area (Å²) < 4.78 is 0. The van der Waals surface area contributed by atoms with Crippen molar-refractivity contribution in [1.82, 2.24) is 20.3 Å². The van der Waals surface area contributed by atoms with Gasteiger partial charge in [-0.25, -0.2) is 9.97 Å². The van der Waals surface area contributed by atoms with Crippen molar-refractivity contribution in [1.29, 1.82) is 0 Å². The van der Waals surface area contributed by atoms with Gasteiger partial charge in [0.25, 0.3) is 0 Å². The average Bonchev–Trinajstić information content (AvgIpc) is 3.31. The van der Waals surface area contributed by atoms with E-state index in [0.29, 0.717) is 30.8 Å². The Kier molecular flexibility index (Phi) is 6.08. The zero-order valence-electron chi connectivity index (χ0n) is 19.1. The maximum absolute atomic E-state index is 12.5. The molecule has 1 aliphatic heterocycles. The third-order valence-electron chi connectivity index (χ3n) is 6.19. The summed E-state index contributed by atoms with van der Waals surface area (Å²) in [5.41, 5.74) is 3.62. The van der Waals surface area contributed by atoms with Crippen molar-refractivity contribution >= 4 is 22.6 Å². The van der Waals surface area contributed by atoms with Crippen molar-refractivity contribution in [3.63, 3.8) is 0 Å². The van der Waals surface area contributed by atoms with E-state index in [1.807, 2.05) is 37.3 Å². The van der Waals surface area contributed by atoms with E-state index in [-0.39, 0.29) is 20.6 Å². The molecule has 0 radical (unpaired) electrons. The lowest BCUT2D eigenvalue weighted by Gasteiger charge is -2.21. The van der Waals surface area contributed by atoms with Gasteiger partial charge in [-0.3, -0.25) is 9.78 Å². The van der Waals surface area contributed by atoms with Gasteiger partial charge in [-0.2, -0.15) is 0 Å². The number of aromatic nitrogens is 3. The molecule has 1 aliphatic rings. The molecule has 34 heavy (non-hydrogen) atoms. The van der Waals surface area contributed by atoms with Crippen molar-refractivity contribution in [3.05, 3.63) is 78.1 Å². The van der Waals surface area contributed by atoms with E-state index < -0.39 is 0 Å². The first-order valence-corrected chi connectivity index (χ1v) is 11.6. The largest absolute Gasteiger partial charge is 0.507 e. The first kappa shape index (κ1) is 21.8. The Morgan fingerprint density at radius 2 is 2.06 bits per heavy atom. The van der Waals surface area contributed by atoms with Crippen LogP contribution in [0, 0.1) is 6.92 Å². The first-order chi connectivity index (χ1) is 16.6. The number of para-hydroxylation sites is 1. The fourth-order valence-electron chi connectivity index (χ4n) is 4.42. The lowest BCUT2D eigenvalue weighted by atomic mass is 10.1. The number of carbonyl (C=O) groups excluding carboxylic acids is 1. The topological polar surface area (TPSA) is 91.2 Å². The fourth-order valence-corrected chi connectivity index (χ4v) is 4.42. The number of aryl methyl sites for hydroxylation is 2. The zero-order valence-corrected chi connectivity index (χ0v) is 19.1. The first-order valence-electron chi connectivity index (χ1n) is 11.6. The number of aromatic hydroxyl groups is 1. The summed E-state index contributed by atoms with van der Waals surface area (Å²) in [6.45, 7) is 3.50. The molecule has 2 aromatic heterocycles. The molecule has 3 heterocycles. The van der Waals surface area contributed by atoms with Crippen molar-refractivity contribution in [2.24, 2.45) is 0 Å². The molecular formula is C27H31N5O2. The van der Waals surface area contributed by atoms with Crippen LogP contribution in [0.4, 0.5) is 5.82 Å². The number of pyridine rings is 1. The van der Waals surface area contributed by atoms with Crippen LogP contribution in [0.1, 0.15) is 26.8 Å². The van der Waals surface area contributed by atoms with Crippen LogP contribution in [0.25, 0.3) is 22.3 Å². The molecule has 1 fully saturated rings. The van der Waals surface area contributed by atoms with Crippen molar-refractivity contribution in [3.8, 4) is 17.1 Å². The molecule has 0 spiro atoms. The van der Waals surface area contributed by atoms with Gasteiger partial charge in [-0.15, -0.1) is 0 Å². The number of phenols is 1. The quantitative estimate of drug-likeness (QED) is 0.442. The van der Waals surface area contributed by atoms with Crippen molar-refractivity contribution in [2.75, 3.05) is 18.0 Å². The highest BCUT2D eigenvalue weighted by atomic mass is 16.3. The van der Waals surface area contributed by atoms with Gasteiger partial charge in [-0.05, 0) is 61.2 Å². The van der Waals surface area contributed by atoms with E-state index in [9.17, 15) is 9.90 Å². The predicted molar refractivity (Wildman–Crippen MR) is 137 cm³/mol. The van der Waals surface area contributed by atoms with E-state index in [4.69, 9.17) is 9.97 Å². The number of nitrogens with one attached hydrogen (secondary N) is 1. The highest BCUT2D eigenvalue weighted by Crippen LogP contribution is 2.33. The smallest absolute Gasteiger partial charge is 0.220 e. The maximum Gasteiger partial charge on any atom is 0.220 e. The lowest BCUT2D eigenvalue weighted by molar-refractivity contribution is -0.121. The Labute approximate surface area is 201 Å². The molecule has 2 aromatic carbocycles. The van der Waals surface area contributed by atoms with Crippen LogP contribution in [-0.4, -0.2) is 45.1 Å². The number of nitrogens with zero attached hydrogens (tertiary/aromatic N) is 4. The van der Waals surface area contributed by atoms with Gasteiger partial charge in [0.15, 0.2) is 5.82 Å². The highest BCUT2D eigenvalue weighted by Gasteiger charge is 2.27. The summed E-state index contributed by atoms with van der Waals surface area (Å²) in [4.78, 5) is 28.5. The van der Waals surface area contributed by atoms with E-state index in [1.54, 1.807) is 24.5 Å². The third kappa shape index (κ3) is 4.69. The van der Waals surface area contributed by atoms with Gasteiger partial charge >= 0.3 is 0 Å². The summed E-state index contributed by atoms with van der Waals surface area (Å²) in [7, 11) is 0. The molecule has 4 aromatic rings. The van der Waals surface area contributed by atoms with Gasteiger partial charge in [0, 0.05) is 46.2 Å². The van der Waals surface area contributed by atoms with Crippen LogP contribution >= 0.6 is 0 Å². The van der Waals surface area contributed by atoms with Crippen molar-refractivity contribution < 1.29 is 12.8 Å². The molecule has 1 amide bonds. The second kappa shape index (κ2) is 9.47. The summed E-state index contributed by atoms with van der Waals surface area (Å²) in [5.74, 6) is 1.53. The Balaban J connectivity index is 0.00000180. The van der Waals surface area contributed by atoms with Crippen LogP contribution in [0.2, 0.25) is 0 Å². The number of rotatable bonds is 6. The molecule has 0 saturated carbocycles. The highest BCUT2D eigenvalue weighted by molar-refractivity contribution is 5.92. The molecular weight excluding hydrogens is 426 g/mol. The number of hydrogen-bond acceptors (Lipinski definition) is 6. The second-order valence-corrected chi connectivity index (χ2v) is 8.77. The predicted octanol–water partition coefficient (Wildman–Crippen LogP) is 4.53. The molecule has 176 valence electrons. The second-order valence-electron chi connectivity index (χ2n) is 8.77. The third-order valence-corrected chi connectivity index (χ3v) is 6.19. The van der Waals surface area contributed by atoms with Crippen molar-refractivity contribution in [2.45, 2.75) is 32.2 Å². The van der Waals surface area contributed by atoms with Crippen LogP contribution in [0.15, 0.2) is 67.0 Å². The Morgan fingerprint density at radius 3 is 2.88 bits per heavy atom. The van der Waals surface area contributed by atoms with Gasteiger partial charge in [0.1, 0.15) is 11.6 Å². The molecule has 1 atom stereocenters. The normalized spacial score (nSPS) is 15.6. The van der Waals surface area contributed by atoms with Crippen LogP contribution < -0.4 is 10.2 Å². The number of anilines is 1. The lowest BCUT2D eigenvalue weighted by Crippen LogP contribution is -2.37. The number of benzene rings is 2. The number of hydrogen-bond donors (Lipinski definition) is 2. The molecule has 7 heteroatoms. The molecule has 7 nitrogen and oxygen atoms in total. The Bertz CT molecular complexity index is 1340. The van der Waals surface area contributed by atoms with E-state index >= 15 is 0 Å². The SMILES string of the molecule is Cc1ccc2c(N3CC[C@@H](NC(=O)CCc4cccnc4)C3)nc(-c3ccccc3O)nc2c1.[HH].[HH]. The minimum atomic E-state index is 0. The molecule has 0 bridgehead atoms. The fraction of sp³-hybridized carbons (Fsp3) is 0.259. The Hall–Kier alpha value is -4.00. The van der Waals surface area contributed by atoms with Gasteiger partial charge in [0.2, 0.25) is 5.91 Å². The summed E-state index contributed by atoms with van der Waals surface area (Å²) >= 11 is 0. The summed E-state index contributed by atoms with van der Waals surface area (Å²) in [6, 6.07) is 17.2. The monoisotopic (exact) mass is 457 g/mol. The van der Waals surface area contributed by atoms with Gasteiger partial charge < -0.3 is 15.3 Å². The maximum atomic E-state index is 12.5.